The maximum absolute atomic E-state index is 13.3. The molecule has 1 saturated carbocycles. The second kappa shape index (κ2) is 7.90. The first-order chi connectivity index (χ1) is 14.0. The SMILES string of the molecule is COc1ccc(C2(C(=O)N3CCC(Cc4ccc(C(N)=O)cc4)CC3)CC2)cc1. The first-order valence-corrected chi connectivity index (χ1v) is 10.3. The van der Waals surface area contributed by atoms with E-state index in [-0.39, 0.29) is 11.3 Å². The fourth-order valence-corrected chi connectivity index (χ4v) is 4.44. The molecule has 1 aliphatic carbocycles. The number of primary amides is 1. The van der Waals surface area contributed by atoms with Gasteiger partial charge in [-0.25, -0.2) is 0 Å². The summed E-state index contributed by atoms with van der Waals surface area (Å²) in [5.41, 5.74) is 7.86. The molecular formula is C24H28N2O3. The number of benzene rings is 2. The van der Waals surface area contributed by atoms with Crippen molar-refractivity contribution in [3.05, 3.63) is 65.2 Å². The molecule has 1 saturated heterocycles. The minimum absolute atomic E-state index is 0.284. The van der Waals surface area contributed by atoms with Gasteiger partial charge in [0.1, 0.15) is 5.75 Å². The largest absolute Gasteiger partial charge is 0.497 e. The number of carbonyl (C=O) groups is 2. The molecule has 2 aliphatic rings. The predicted molar refractivity (Wildman–Crippen MR) is 112 cm³/mol. The summed E-state index contributed by atoms with van der Waals surface area (Å²) in [6.45, 7) is 1.64. The van der Waals surface area contributed by atoms with Crippen LogP contribution in [0.25, 0.3) is 0 Å². The first kappa shape index (κ1) is 19.5. The number of ether oxygens (including phenoxy) is 1. The van der Waals surface area contributed by atoms with E-state index in [2.05, 4.69) is 4.90 Å². The molecule has 5 nitrogen and oxygen atoms in total. The van der Waals surface area contributed by atoms with Gasteiger partial charge >= 0.3 is 0 Å². The van der Waals surface area contributed by atoms with Gasteiger partial charge in [-0.05, 0) is 73.4 Å². The zero-order chi connectivity index (χ0) is 20.4. The highest BCUT2D eigenvalue weighted by Gasteiger charge is 2.53. The van der Waals surface area contributed by atoms with Gasteiger partial charge in [0.25, 0.3) is 0 Å². The van der Waals surface area contributed by atoms with E-state index in [1.807, 2.05) is 36.4 Å². The van der Waals surface area contributed by atoms with E-state index in [9.17, 15) is 9.59 Å². The molecule has 0 radical (unpaired) electrons. The average molecular weight is 392 g/mol. The van der Waals surface area contributed by atoms with Gasteiger partial charge in [0, 0.05) is 18.7 Å². The highest BCUT2D eigenvalue weighted by molar-refractivity contribution is 5.92. The first-order valence-electron chi connectivity index (χ1n) is 10.3. The highest BCUT2D eigenvalue weighted by atomic mass is 16.5. The lowest BCUT2D eigenvalue weighted by atomic mass is 9.88. The van der Waals surface area contributed by atoms with Crippen LogP contribution in [0.1, 0.15) is 47.2 Å². The lowest BCUT2D eigenvalue weighted by molar-refractivity contribution is -0.135. The van der Waals surface area contributed by atoms with Gasteiger partial charge in [-0.2, -0.15) is 0 Å². The molecule has 2 aromatic rings. The number of rotatable bonds is 6. The zero-order valence-corrected chi connectivity index (χ0v) is 16.9. The predicted octanol–water partition coefficient (Wildman–Crippen LogP) is 3.31. The van der Waals surface area contributed by atoms with Crippen LogP contribution < -0.4 is 10.5 Å². The van der Waals surface area contributed by atoms with Crippen LogP contribution in [0.5, 0.6) is 5.75 Å². The highest BCUT2D eigenvalue weighted by Crippen LogP contribution is 2.50. The Morgan fingerprint density at radius 1 is 1.03 bits per heavy atom. The van der Waals surface area contributed by atoms with Crippen molar-refractivity contribution >= 4 is 11.8 Å². The van der Waals surface area contributed by atoms with Crippen LogP contribution in [0.4, 0.5) is 0 Å². The van der Waals surface area contributed by atoms with Crippen molar-refractivity contribution in [1.29, 1.82) is 0 Å². The topological polar surface area (TPSA) is 72.6 Å². The minimum Gasteiger partial charge on any atom is -0.497 e. The number of piperidine rings is 1. The molecule has 2 amide bonds. The molecule has 1 aliphatic heterocycles. The van der Waals surface area contributed by atoms with Crippen LogP contribution in [0, 0.1) is 5.92 Å². The molecule has 4 rings (SSSR count). The monoisotopic (exact) mass is 392 g/mol. The van der Waals surface area contributed by atoms with Gasteiger partial charge in [-0.15, -0.1) is 0 Å². The maximum Gasteiger partial charge on any atom is 0.248 e. The Hall–Kier alpha value is -2.82. The number of carbonyl (C=O) groups excluding carboxylic acids is 2. The van der Waals surface area contributed by atoms with Crippen LogP contribution in [-0.4, -0.2) is 36.9 Å². The molecule has 152 valence electrons. The number of nitrogens with zero attached hydrogens (tertiary/aromatic N) is 1. The molecule has 0 bridgehead atoms. The maximum atomic E-state index is 13.3. The third kappa shape index (κ3) is 4.00. The van der Waals surface area contributed by atoms with Crippen LogP contribution in [0.2, 0.25) is 0 Å². The summed E-state index contributed by atoms with van der Waals surface area (Å²) in [7, 11) is 1.66. The van der Waals surface area contributed by atoms with Crippen molar-refractivity contribution in [2.75, 3.05) is 20.2 Å². The van der Waals surface area contributed by atoms with Gasteiger partial charge in [-0.1, -0.05) is 24.3 Å². The molecule has 0 unspecified atom stereocenters. The van der Waals surface area contributed by atoms with E-state index >= 15 is 0 Å². The summed E-state index contributed by atoms with van der Waals surface area (Å²) in [5.74, 6) is 1.28. The molecule has 0 aromatic heterocycles. The Labute approximate surface area is 171 Å². The number of hydrogen-bond donors (Lipinski definition) is 1. The van der Waals surface area contributed by atoms with Crippen molar-refractivity contribution in [2.45, 2.75) is 37.5 Å². The van der Waals surface area contributed by atoms with Crippen LogP contribution in [-0.2, 0) is 16.6 Å². The third-order valence-electron chi connectivity index (χ3n) is 6.47. The Kier molecular flexibility index (Phi) is 5.31. The molecule has 29 heavy (non-hydrogen) atoms. The van der Waals surface area contributed by atoms with Crippen LogP contribution >= 0.6 is 0 Å². The molecule has 0 atom stereocenters. The van der Waals surface area contributed by atoms with Crippen molar-refractivity contribution in [1.82, 2.24) is 4.90 Å². The minimum atomic E-state index is -0.394. The van der Waals surface area contributed by atoms with Crippen molar-refractivity contribution in [3.63, 3.8) is 0 Å². The summed E-state index contributed by atoms with van der Waals surface area (Å²) in [4.78, 5) is 26.5. The normalized spacial score (nSPS) is 18.3. The number of hydrogen-bond acceptors (Lipinski definition) is 3. The summed E-state index contributed by atoms with van der Waals surface area (Å²) in [5, 5.41) is 0. The standard InChI is InChI=1S/C24H28N2O3/c1-29-21-8-6-20(7-9-21)24(12-13-24)23(28)26-14-10-18(11-15-26)16-17-2-4-19(5-3-17)22(25)27/h2-9,18H,10-16H2,1H3,(H2,25,27). The number of amides is 2. The van der Waals surface area contributed by atoms with E-state index in [1.54, 1.807) is 19.2 Å². The third-order valence-corrected chi connectivity index (χ3v) is 6.47. The number of nitrogens with two attached hydrogens (primary N) is 1. The quantitative estimate of drug-likeness (QED) is 0.820. The lowest BCUT2D eigenvalue weighted by Gasteiger charge is -2.34. The smallest absolute Gasteiger partial charge is 0.248 e. The zero-order valence-electron chi connectivity index (χ0n) is 16.9. The Balaban J connectivity index is 1.34. The van der Waals surface area contributed by atoms with Crippen LogP contribution in [0.3, 0.4) is 0 Å². The summed E-state index contributed by atoms with van der Waals surface area (Å²) in [6, 6.07) is 15.5. The fraction of sp³-hybridized carbons (Fsp3) is 0.417. The summed E-state index contributed by atoms with van der Waals surface area (Å²) < 4.78 is 5.24. The number of likely N-dealkylation sites (tertiary alicyclic amines) is 1. The van der Waals surface area contributed by atoms with Crippen LogP contribution in [0.15, 0.2) is 48.5 Å². The molecule has 2 N–H and O–H groups in total. The van der Waals surface area contributed by atoms with E-state index in [0.717, 1.165) is 56.5 Å². The Morgan fingerprint density at radius 3 is 2.17 bits per heavy atom. The lowest BCUT2D eigenvalue weighted by Crippen LogP contribution is -2.44. The molecule has 1 heterocycles. The summed E-state index contributed by atoms with van der Waals surface area (Å²) in [6.07, 6.45) is 4.88. The molecule has 5 heteroatoms. The van der Waals surface area contributed by atoms with Crippen molar-refractivity contribution in [3.8, 4) is 5.75 Å². The Morgan fingerprint density at radius 2 is 1.66 bits per heavy atom. The van der Waals surface area contributed by atoms with Gasteiger partial charge in [0.15, 0.2) is 0 Å². The summed E-state index contributed by atoms with van der Waals surface area (Å²) >= 11 is 0. The molecular weight excluding hydrogens is 364 g/mol. The average Bonchev–Trinajstić information content (AvgIpc) is 3.56. The molecule has 2 fully saturated rings. The van der Waals surface area contributed by atoms with Crippen molar-refractivity contribution in [2.24, 2.45) is 11.7 Å². The van der Waals surface area contributed by atoms with E-state index in [0.29, 0.717) is 11.5 Å². The fourth-order valence-electron chi connectivity index (χ4n) is 4.44. The molecule has 0 spiro atoms. The number of methoxy groups -OCH3 is 1. The van der Waals surface area contributed by atoms with Gasteiger partial charge in [0.2, 0.25) is 11.8 Å². The van der Waals surface area contributed by atoms with E-state index in [4.69, 9.17) is 10.5 Å². The Bertz CT molecular complexity index is 877. The van der Waals surface area contributed by atoms with Gasteiger partial charge < -0.3 is 15.4 Å². The van der Waals surface area contributed by atoms with E-state index < -0.39 is 5.91 Å². The van der Waals surface area contributed by atoms with Gasteiger partial charge in [-0.3, -0.25) is 9.59 Å². The second-order valence-corrected chi connectivity index (χ2v) is 8.31. The molecule has 2 aromatic carbocycles. The van der Waals surface area contributed by atoms with Crippen molar-refractivity contribution < 1.29 is 14.3 Å². The second-order valence-electron chi connectivity index (χ2n) is 8.31. The van der Waals surface area contributed by atoms with E-state index in [1.165, 1.54) is 5.56 Å². The van der Waals surface area contributed by atoms with Gasteiger partial charge in [0.05, 0.1) is 12.5 Å².